The molecular formula is C13H17NO4. The summed E-state index contributed by atoms with van der Waals surface area (Å²) in [7, 11) is 0. The van der Waals surface area contributed by atoms with Gasteiger partial charge in [-0.3, -0.25) is 4.79 Å². The molecule has 1 aromatic rings. The second-order valence-electron chi connectivity index (χ2n) is 4.44. The summed E-state index contributed by atoms with van der Waals surface area (Å²) in [5.41, 5.74) is 1.22. The SMILES string of the molecule is CCOC(=O)CCn1ccc(C(=O)O)c1C1CC1. The Morgan fingerprint density at radius 1 is 1.50 bits per heavy atom. The first-order valence-corrected chi connectivity index (χ1v) is 6.21. The summed E-state index contributed by atoms with van der Waals surface area (Å²) in [4.78, 5) is 22.4. The Hall–Kier alpha value is -1.78. The molecule has 0 amide bonds. The van der Waals surface area contributed by atoms with Gasteiger partial charge >= 0.3 is 11.9 Å². The number of hydrogen-bond acceptors (Lipinski definition) is 3. The van der Waals surface area contributed by atoms with Gasteiger partial charge in [-0.25, -0.2) is 4.79 Å². The largest absolute Gasteiger partial charge is 0.478 e. The van der Waals surface area contributed by atoms with Crippen LogP contribution in [-0.2, 0) is 16.1 Å². The summed E-state index contributed by atoms with van der Waals surface area (Å²) >= 11 is 0. The minimum absolute atomic E-state index is 0.246. The molecule has 5 heteroatoms. The van der Waals surface area contributed by atoms with Crippen LogP contribution >= 0.6 is 0 Å². The van der Waals surface area contributed by atoms with Gasteiger partial charge in [0.1, 0.15) is 0 Å². The van der Waals surface area contributed by atoms with E-state index in [0.29, 0.717) is 24.6 Å². The fraction of sp³-hybridized carbons (Fsp3) is 0.538. The summed E-state index contributed by atoms with van der Waals surface area (Å²) in [6.45, 7) is 2.63. The quantitative estimate of drug-likeness (QED) is 0.785. The number of aromatic carboxylic acids is 1. The molecule has 1 aliphatic carbocycles. The van der Waals surface area contributed by atoms with Crippen LogP contribution in [0.5, 0.6) is 0 Å². The van der Waals surface area contributed by atoms with Gasteiger partial charge in [0.05, 0.1) is 18.6 Å². The van der Waals surface area contributed by atoms with Gasteiger partial charge in [-0.15, -0.1) is 0 Å². The van der Waals surface area contributed by atoms with E-state index in [4.69, 9.17) is 9.84 Å². The molecule has 98 valence electrons. The molecule has 18 heavy (non-hydrogen) atoms. The van der Waals surface area contributed by atoms with E-state index in [9.17, 15) is 9.59 Å². The summed E-state index contributed by atoms with van der Waals surface area (Å²) in [5.74, 6) is -0.801. The zero-order valence-corrected chi connectivity index (χ0v) is 10.4. The molecule has 0 radical (unpaired) electrons. The van der Waals surface area contributed by atoms with Crippen LogP contribution in [0.4, 0.5) is 0 Å². The molecular weight excluding hydrogens is 234 g/mol. The molecule has 0 atom stereocenters. The van der Waals surface area contributed by atoms with Crippen molar-refractivity contribution in [2.45, 2.75) is 38.6 Å². The van der Waals surface area contributed by atoms with Crippen molar-refractivity contribution in [2.24, 2.45) is 0 Å². The van der Waals surface area contributed by atoms with E-state index in [1.165, 1.54) is 0 Å². The van der Waals surface area contributed by atoms with Crippen molar-refractivity contribution in [2.75, 3.05) is 6.61 Å². The third-order valence-electron chi connectivity index (χ3n) is 3.06. The highest BCUT2D eigenvalue weighted by Crippen LogP contribution is 2.42. The molecule has 1 aliphatic rings. The zero-order valence-electron chi connectivity index (χ0n) is 10.4. The highest BCUT2D eigenvalue weighted by atomic mass is 16.5. The fourth-order valence-electron chi connectivity index (χ4n) is 2.12. The molecule has 0 aromatic carbocycles. The highest BCUT2D eigenvalue weighted by molar-refractivity contribution is 5.89. The van der Waals surface area contributed by atoms with Crippen LogP contribution in [0.25, 0.3) is 0 Å². The summed E-state index contributed by atoms with van der Waals surface area (Å²) < 4.78 is 6.74. The Labute approximate surface area is 105 Å². The van der Waals surface area contributed by atoms with E-state index in [1.807, 2.05) is 4.57 Å². The van der Waals surface area contributed by atoms with Crippen LogP contribution in [0, 0.1) is 0 Å². The molecule has 1 aromatic heterocycles. The number of ether oxygens (including phenoxy) is 1. The molecule has 1 N–H and O–H groups in total. The van der Waals surface area contributed by atoms with Crippen molar-refractivity contribution < 1.29 is 19.4 Å². The van der Waals surface area contributed by atoms with Crippen LogP contribution in [0.15, 0.2) is 12.3 Å². The fourth-order valence-corrected chi connectivity index (χ4v) is 2.12. The van der Waals surface area contributed by atoms with E-state index in [2.05, 4.69) is 0 Å². The molecule has 5 nitrogen and oxygen atoms in total. The van der Waals surface area contributed by atoms with Gasteiger partial charge in [0, 0.05) is 24.4 Å². The Kier molecular flexibility index (Phi) is 3.69. The number of hydrogen-bond donors (Lipinski definition) is 1. The van der Waals surface area contributed by atoms with Gasteiger partial charge in [0.2, 0.25) is 0 Å². The number of aryl methyl sites for hydroxylation is 1. The Bertz CT molecular complexity index is 460. The molecule has 0 saturated heterocycles. The van der Waals surface area contributed by atoms with E-state index in [-0.39, 0.29) is 12.4 Å². The van der Waals surface area contributed by atoms with Crippen LogP contribution in [-0.4, -0.2) is 28.2 Å². The Morgan fingerprint density at radius 2 is 2.22 bits per heavy atom. The van der Waals surface area contributed by atoms with Crippen molar-refractivity contribution in [3.63, 3.8) is 0 Å². The normalized spacial score (nSPS) is 14.5. The third-order valence-corrected chi connectivity index (χ3v) is 3.06. The maximum Gasteiger partial charge on any atom is 0.337 e. The van der Waals surface area contributed by atoms with Crippen molar-refractivity contribution in [1.29, 1.82) is 0 Å². The number of carbonyl (C=O) groups excluding carboxylic acids is 1. The monoisotopic (exact) mass is 251 g/mol. The second kappa shape index (κ2) is 5.25. The van der Waals surface area contributed by atoms with Crippen molar-refractivity contribution in [1.82, 2.24) is 4.57 Å². The van der Waals surface area contributed by atoms with Crippen LogP contribution in [0.2, 0.25) is 0 Å². The van der Waals surface area contributed by atoms with Crippen molar-refractivity contribution >= 4 is 11.9 Å². The molecule has 0 spiro atoms. The maximum absolute atomic E-state index is 11.3. The smallest absolute Gasteiger partial charge is 0.337 e. The number of rotatable bonds is 6. The van der Waals surface area contributed by atoms with Crippen LogP contribution in [0.1, 0.15) is 48.2 Å². The predicted octanol–water partition coefficient (Wildman–Crippen LogP) is 2.02. The van der Waals surface area contributed by atoms with Crippen molar-refractivity contribution in [3.05, 3.63) is 23.5 Å². The zero-order chi connectivity index (χ0) is 13.1. The number of aromatic nitrogens is 1. The standard InChI is InChI=1S/C13H17NO4/c1-2-18-11(15)6-8-14-7-5-10(13(16)17)12(14)9-3-4-9/h5,7,9H,2-4,6,8H2,1H3,(H,16,17). The number of carboxylic acids is 1. The lowest BCUT2D eigenvalue weighted by Crippen LogP contribution is -2.11. The van der Waals surface area contributed by atoms with E-state index < -0.39 is 5.97 Å². The molecule has 0 bridgehead atoms. The lowest BCUT2D eigenvalue weighted by atomic mass is 10.2. The Balaban J connectivity index is 2.08. The van der Waals surface area contributed by atoms with Gasteiger partial charge in [0.15, 0.2) is 0 Å². The van der Waals surface area contributed by atoms with Gasteiger partial charge in [0.25, 0.3) is 0 Å². The Morgan fingerprint density at radius 3 is 2.78 bits per heavy atom. The average Bonchev–Trinajstić information content (AvgIpc) is 3.06. The lowest BCUT2D eigenvalue weighted by molar-refractivity contribution is -0.143. The van der Waals surface area contributed by atoms with Crippen LogP contribution < -0.4 is 0 Å². The predicted molar refractivity (Wildman–Crippen MR) is 64.6 cm³/mol. The maximum atomic E-state index is 11.3. The third kappa shape index (κ3) is 2.72. The van der Waals surface area contributed by atoms with E-state index in [1.54, 1.807) is 19.2 Å². The number of carboxylic acid groups (broad SMARTS) is 1. The van der Waals surface area contributed by atoms with E-state index in [0.717, 1.165) is 18.5 Å². The minimum Gasteiger partial charge on any atom is -0.478 e. The van der Waals surface area contributed by atoms with Crippen molar-refractivity contribution in [3.8, 4) is 0 Å². The van der Waals surface area contributed by atoms with Gasteiger partial charge in [-0.05, 0) is 25.8 Å². The number of esters is 1. The molecule has 2 rings (SSSR count). The minimum atomic E-state index is -0.896. The van der Waals surface area contributed by atoms with Gasteiger partial charge < -0.3 is 14.4 Å². The average molecular weight is 251 g/mol. The first-order chi connectivity index (χ1) is 8.63. The second-order valence-corrected chi connectivity index (χ2v) is 4.44. The lowest BCUT2D eigenvalue weighted by Gasteiger charge is -2.09. The van der Waals surface area contributed by atoms with Gasteiger partial charge in [-0.1, -0.05) is 0 Å². The molecule has 0 unspecified atom stereocenters. The molecule has 1 heterocycles. The number of nitrogens with zero attached hydrogens (tertiary/aromatic N) is 1. The summed E-state index contributed by atoms with van der Waals surface area (Å²) in [6.07, 6.45) is 4.09. The topological polar surface area (TPSA) is 68.5 Å². The first kappa shape index (κ1) is 12.7. The van der Waals surface area contributed by atoms with Gasteiger partial charge in [-0.2, -0.15) is 0 Å². The first-order valence-electron chi connectivity index (χ1n) is 6.21. The summed E-state index contributed by atoms with van der Waals surface area (Å²) in [6, 6.07) is 1.61. The highest BCUT2D eigenvalue weighted by Gasteiger charge is 2.31. The molecule has 1 fully saturated rings. The number of carbonyl (C=O) groups is 2. The molecule has 0 aliphatic heterocycles. The molecule has 1 saturated carbocycles. The van der Waals surface area contributed by atoms with E-state index >= 15 is 0 Å². The van der Waals surface area contributed by atoms with Crippen LogP contribution in [0.3, 0.4) is 0 Å². The summed E-state index contributed by atoms with van der Waals surface area (Å²) in [5, 5.41) is 9.11.